The Bertz CT molecular complexity index is 239. The van der Waals surface area contributed by atoms with E-state index < -0.39 is 11.4 Å². The van der Waals surface area contributed by atoms with Crippen LogP contribution in [0.15, 0.2) is 0 Å². The summed E-state index contributed by atoms with van der Waals surface area (Å²) in [5.41, 5.74) is -0.110. The van der Waals surface area contributed by atoms with Gasteiger partial charge in [0.2, 0.25) is 0 Å². The highest BCUT2D eigenvalue weighted by Crippen LogP contribution is 2.45. The van der Waals surface area contributed by atoms with Crippen LogP contribution in [0.25, 0.3) is 0 Å². The van der Waals surface area contributed by atoms with E-state index in [1.54, 1.807) is 14.0 Å². The van der Waals surface area contributed by atoms with Crippen molar-refractivity contribution in [3.63, 3.8) is 0 Å². The maximum atomic E-state index is 10.4. The van der Waals surface area contributed by atoms with Crippen molar-refractivity contribution in [3.8, 4) is 0 Å². The molecule has 0 N–H and O–H groups in total. The van der Waals surface area contributed by atoms with E-state index in [0.29, 0.717) is 0 Å². The molecule has 0 spiro atoms. The highest BCUT2D eigenvalue weighted by Gasteiger charge is 2.37. The van der Waals surface area contributed by atoms with Gasteiger partial charge in [-0.1, -0.05) is 20.8 Å². The van der Waals surface area contributed by atoms with Crippen molar-refractivity contribution in [3.05, 3.63) is 10.1 Å². The van der Waals surface area contributed by atoms with Crippen LogP contribution in [0.5, 0.6) is 0 Å². The monoisotopic (exact) mass is 281 g/mol. The highest BCUT2D eigenvalue weighted by atomic mass is 31.1. The molecule has 0 heterocycles. The molecule has 3 atom stereocenters. The van der Waals surface area contributed by atoms with Gasteiger partial charge in [-0.05, 0) is 26.2 Å². The average molecular weight is 281 g/mol. The SMILES string of the molecule is CCC(CC)(CC)C(OC(C)OC)PO[N+](=O)[O-]. The molecule has 0 radical (unpaired) electrons. The lowest BCUT2D eigenvalue weighted by Crippen LogP contribution is -2.36. The van der Waals surface area contributed by atoms with Crippen molar-refractivity contribution in [2.75, 3.05) is 7.11 Å². The fourth-order valence-corrected chi connectivity index (χ4v) is 3.23. The molecule has 0 amide bonds. The molecule has 0 aromatic rings. The molecule has 0 aromatic heterocycles. The van der Waals surface area contributed by atoms with Crippen LogP contribution in [0, 0.1) is 15.5 Å². The molecule has 108 valence electrons. The first kappa shape index (κ1) is 17.6. The van der Waals surface area contributed by atoms with Crippen molar-refractivity contribution in [1.82, 2.24) is 0 Å². The van der Waals surface area contributed by atoms with Gasteiger partial charge in [-0.3, -0.25) is 4.62 Å². The predicted molar refractivity (Wildman–Crippen MR) is 71.0 cm³/mol. The molecule has 0 saturated carbocycles. The molecule has 6 nitrogen and oxygen atoms in total. The highest BCUT2D eigenvalue weighted by molar-refractivity contribution is 7.32. The summed E-state index contributed by atoms with van der Waals surface area (Å²) in [5, 5.41) is 9.59. The number of rotatable bonds is 10. The first-order chi connectivity index (χ1) is 8.45. The molecule has 0 saturated heterocycles. The molecule has 0 aromatic carbocycles. The fourth-order valence-electron chi connectivity index (χ4n) is 1.94. The predicted octanol–water partition coefficient (Wildman–Crippen LogP) is 3.34. The van der Waals surface area contributed by atoms with Crippen LogP contribution in [0.2, 0.25) is 0 Å². The second kappa shape index (κ2) is 8.62. The molecule has 0 aliphatic rings. The summed E-state index contributed by atoms with van der Waals surface area (Å²) in [7, 11) is 1.22. The van der Waals surface area contributed by atoms with Gasteiger partial charge in [0.25, 0.3) is 5.09 Å². The minimum absolute atomic E-state index is 0.110. The lowest BCUT2D eigenvalue weighted by Gasteiger charge is -2.38. The van der Waals surface area contributed by atoms with Gasteiger partial charge in [-0.25, -0.2) is 0 Å². The molecule has 3 unspecified atom stereocenters. The summed E-state index contributed by atoms with van der Waals surface area (Å²) >= 11 is 0. The van der Waals surface area contributed by atoms with Crippen molar-refractivity contribution in [1.29, 1.82) is 0 Å². The summed E-state index contributed by atoms with van der Waals surface area (Å²) in [6.45, 7) is 7.97. The Kier molecular flexibility index (Phi) is 8.40. The Morgan fingerprint density at radius 2 is 1.78 bits per heavy atom. The van der Waals surface area contributed by atoms with Gasteiger partial charge in [0.05, 0.1) is 8.81 Å². The van der Waals surface area contributed by atoms with E-state index in [9.17, 15) is 10.1 Å². The Morgan fingerprint density at radius 3 is 2.11 bits per heavy atom. The summed E-state index contributed by atoms with van der Waals surface area (Å²) in [5.74, 6) is -0.321. The molecule has 0 fully saturated rings. The van der Waals surface area contributed by atoms with Crippen LogP contribution in [-0.4, -0.2) is 24.3 Å². The van der Waals surface area contributed by atoms with Gasteiger partial charge in [0.1, 0.15) is 5.85 Å². The van der Waals surface area contributed by atoms with Gasteiger partial charge in [-0.15, -0.1) is 10.1 Å². The zero-order valence-corrected chi connectivity index (χ0v) is 12.8. The maximum Gasteiger partial charge on any atom is 0.297 e. The second-order valence-corrected chi connectivity index (χ2v) is 5.12. The molecule has 7 heteroatoms. The van der Waals surface area contributed by atoms with Crippen LogP contribution in [0.1, 0.15) is 47.0 Å². The Labute approximate surface area is 110 Å². The lowest BCUT2D eigenvalue weighted by molar-refractivity contribution is -0.711. The van der Waals surface area contributed by atoms with E-state index in [0.717, 1.165) is 19.3 Å². The molecule has 0 aliphatic carbocycles. The third-order valence-corrected chi connectivity index (χ3v) is 4.78. The minimum Gasteiger partial charge on any atom is -0.356 e. The molecule has 0 aliphatic heterocycles. The van der Waals surface area contributed by atoms with Gasteiger partial charge < -0.3 is 9.47 Å². The normalized spacial score (nSPS) is 15.8. The summed E-state index contributed by atoms with van der Waals surface area (Å²) in [6, 6.07) is 0. The molecule has 18 heavy (non-hydrogen) atoms. The van der Waals surface area contributed by atoms with Crippen LogP contribution in [0.4, 0.5) is 0 Å². The lowest BCUT2D eigenvalue weighted by atomic mass is 9.80. The van der Waals surface area contributed by atoms with Crippen LogP contribution < -0.4 is 0 Å². The summed E-state index contributed by atoms with van der Waals surface area (Å²) in [4.78, 5) is 10.4. The van der Waals surface area contributed by atoms with E-state index in [1.807, 2.05) is 0 Å². The zero-order valence-electron chi connectivity index (χ0n) is 11.8. The Morgan fingerprint density at radius 1 is 1.28 bits per heavy atom. The smallest absolute Gasteiger partial charge is 0.297 e. The molecular formula is C11H24NO5P. The fraction of sp³-hybridized carbons (Fsp3) is 1.00. The standard InChI is InChI=1S/C11H24NO5P/c1-6-11(7-2,8-3)10(16-9(4)15-5)18-17-12(13)14/h9-10,18H,6-8H2,1-5H3. The first-order valence-electron chi connectivity index (χ1n) is 6.20. The number of ether oxygens (including phenoxy) is 2. The topological polar surface area (TPSA) is 70.8 Å². The Hall–Kier alpha value is -0.450. The second-order valence-electron chi connectivity index (χ2n) is 4.18. The van der Waals surface area contributed by atoms with Gasteiger partial charge in [0, 0.05) is 12.5 Å². The third kappa shape index (κ3) is 5.04. The van der Waals surface area contributed by atoms with E-state index in [4.69, 9.17) is 9.47 Å². The van der Waals surface area contributed by atoms with E-state index >= 15 is 0 Å². The van der Waals surface area contributed by atoms with Crippen LogP contribution in [-0.2, 0) is 14.1 Å². The minimum atomic E-state index is -0.766. The number of hydrogen-bond acceptors (Lipinski definition) is 5. The quantitative estimate of drug-likeness (QED) is 0.266. The van der Waals surface area contributed by atoms with Gasteiger partial charge in [-0.2, -0.15) is 0 Å². The van der Waals surface area contributed by atoms with E-state index in [2.05, 4.69) is 25.4 Å². The van der Waals surface area contributed by atoms with Crippen LogP contribution >= 0.6 is 8.81 Å². The van der Waals surface area contributed by atoms with Crippen molar-refractivity contribution < 1.29 is 19.2 Å². The van der Waals surface area contributed by atoms with Crippen molar-refractivity contribution >= 4 is 8.81 Å². The van der Waals surface area contributed by atoms with E-state index in [-0.39, 0.29) is 20.1 Å². The van der Waals surface area contributed by atoms with Crippen molar-refractivity contribution in [2.24, 2.45) is 5.41 Å². The van der Waals surface area contributed by atoms with Gasteiger partial charge in [0.15, 0.2) is 6.29 Å². The summed E-state index contributed by atoms with van der Waals surface area (Å²) in [6.07, 6.45) is 2.25. The Balaban J connectivity index is 4.84. The number of nitrogens with zero attached hydrogens (tertiary/aromatic N) is 1. The number of hydrogen-bond donors (Lipinski definition) is 0. The summed E-state index contributed by atoms with van der Waals surface area (Å²) < 4.78 is 15.4. The first-order valence-corrected chi connectivity index (χ1v) is 7.19. The van der Waals surface area contributed by atoms with Crippen LogP contribution in [0.3, 0.4) is 0 Å². The number of methoxy groups -OCH3 is 1. The van der Waals surface area contributed by atoms with Gasteiger partial charge >= 0.3 is 0 Å². The average Bonchev–Trinajstić information content (AvgIpc) is 2.37. The zero-order chi connectivity index (χ0) is 14.2. The van der Waals surface area contributed by atoms with Crippen molar-refractivity contribution in [2.45, 2.75) is 59.1 Å². The molecular weight excluding hydrogens is 257 g/mol. The molecule has 0 rings (SSSR count). The largest absolute Gasteiger partial charge is 0.356 e. The third-order valence-electron chi connectivity index (χ3n) is 3.56. The van der Waals surface area contributed by atoms with E-state index in [1.165, 1.54) is 0 Å². The maximum absolute atomic E-state index is 10.4. The molecule has 0 bridgehead atoms.